The molecular weight excluding hydrogens is 184 g/mol. The molecule has 1 aromatic carbocycles. The normalized spacial score (nSPS) is 19.3. The highest BCUT2D eigenvalue weighted by Gasteiger charge is 2.20. The van der Waals surface area contributed by atoms with Gasteiger partial charge in [-0.15, -0.1) is 0 Å². The van der Waals surface area contributed by atoms with Gasteiger partial charge in [-0.3, -0.25) is 0 Å². The summed E-state index contributed by atoms with van der Waals surface area (Å²) in [7, 11) is 0. The quantitative estimate of drug-likeness (QED) is 0.797. The van der Waals surface area contributed by atoms with Crippen LogP contribution in [0.4, 0.5) is 0 Å². The van der Waals surface area contributed by atoms with Crippen LogP contribution in [0.25, 0.3) is 0 Å². The van der Waals surface area contributed by atoms with Crippen molar-refractivity contribution in [2.45, 2.75) is 38.0 Å². The minimum atomic E-state index is 0.292. The number of hydrogen-bond acceptors (Lipinski definition) is 1. The van der Waals surface area contributed by atoms with Crippen LogP contribution >= 0.6 is 0 Å². The average molecular weight is 204 g/mol. The highest BCUT2D eigenvalue weighted by molar-refractivity contribution is 5.19. The molecular formula is C14H20O. The first-order valence-corrected chi connectivity index (χ1v) is 6.06. The molecule has 0 saturated heterocycles. The lowest BCUT2D eigenvalue weighted by molar-refractivity contribution is 0.244. The lowest BCUT2D eigenvalue weighted by Gasteiger charge is -2.18. The van der Waals surface area contributed by atoms with Crippen LogP contribution in [0.5, 0.6) is 0 Å². The molecule has 0 spiro atoms. The third-order valence-electron chi connectivity index (χ3n) is 3.58. The topological polar surface area (TPSA) is 20.2 Å². The predicted octanol–water partition coefficient (Wildman–Crippen LogP) is 3.34. The number of aliphatic hydroxyl groups excluding tert-OH is 1. The van der Waals surface area contributed by atoms with E-state index in [-0.39, 0.29) is 0 Å². The first-order valence-electron chi connectivity index (χ1n) is 6.06. The lowest BCUT2D eigenvalue weighted by atomic mass is 9.88. The third-order valence-corrected chi connectivity index (χ3v) is 3.58. The van der Waals surface area contributed by atoms with Crippen LogP contribution in [-0.4, -0.2) is 11.7 Å². The van der Waals surface area contributed by atoms with Crippen LogP contribution in [0.15, 0.2) is 30.3 Å². The SMILES string of the molecule is OCC(CC1CCCC1)c1ccccc1. The summed E-state index contributed by atoms with van der Waals surface area (Å²) in [5.74, 6) is 1.21. The summed E-state index contributed by atoms with van der Waals surface area (Å²) < 4.78 is 0. The molecule has 1 aliphatic carbocycles. The largest absolute Gasteiger partial charge is 0.396 e. The van der Waals surface area contributed by atoms with Crippen LogP contribution in [0.1, 0.15) is 43.6 Å². The smallest absolute Gasteiger partial charge is 0.0499 e. The predicted molar refractivity (Wildman–Crippen MR) is 62.8 cm³/mol. The lowest BCUT2D eigenvalue weighted by Crippen LogP contribution is -2.09. The second-order valence-corrected chi connectivity index (χ2v) is 4.68. The summed E-state index contributed by atoms with van der Waals surface area (Å²) in [6.07, 6.45) is 6.67. The molecule has 0 aromatic heterocycles. The molecule has 0 amide bonds. The maximum atomic E-state index is 9.44. The van der Waals surface area contributed by atoms with E-state index in [0.717, 1.165) is 5.92 Å². The molecule has 0 aliphatic heterocycles. The Bertz CT molecular complexity index is 275. The summed E-state index contributed by atoms with van der Waals surface area (Å²) >= 11 is 0. The molecule has 1 atom stereocenters. The van der Waals surface area contributed by atoms with Crippen LogP contribution in [0.2, 0.25) is 0 Å². The van der Waals surface area contributed by atoms with Crippen molar-refractivity contribution in [3.8, 4) is 0 Å². The molecule has 15 heavy (non-hydrogen) atoms. The molecule has 0 radical (unpaired) electrons. The minimum absolute atomic E-state index is 0.292. The van der Waals surface area contributed by atoms with E-state index in [2.05, 4.69) is 24.3 Å². The van der Waals surface area contributed by atoms with Crippen molar-refractivity contribution < 1.29 is 5.11 Å². The first kappa shape index (κ1) is 10.7. The zero-order valence-electron chi connectivity index (χ0n) is 9.23. The van der Waals surface area contributed by atoms with Crippen LogP contribution in [-0.2, 0) is 0 Å². The van der Waals surface area contributed by atoms with Crippen molar-refractivity contribution in [2.24, 2.45) is 5.92 Å². The molecule has 1 nitrogen and oxygen atoms in total. The highest BCUT2D eigenvalue weighted by atomic mass is 16.3. The number of aliphatic hydroxyl groups is 1. The van der Waals surface area contributed by atoms with Gasteiger partial charge >= 0.3 is 0 Å². The Kier molecular flexibility index (Phi) is 3.79. The minimum Gasteiger partial charge on any atom is -0.396 e. The van der Waals surface area contributed by atoms with Gasteiger partial charge in [0.05, 0.1) is 0 Å². The van der Waals surface area contributed by atoms with Gasteiger partial charge in [0.2, 0.25) is 0 Å². The Morgan fingerprint density at radius 3 is 2.40 bits per heavy atom. The van der Waals surface area contributed by atoms with Crippen molar-refractivity contribution in [1.82, 2.24) is 0 Å². The molecule has 1 saturated carbocycles. The molecule has 2 rings (SSSR count). The van der Waals surface area contributed by atoms with Crippen molar-refractivity contribution in [1.29, 1.82) is 0 Å². The van der Waals surface area contributed by atoms with Gasteiger partial charge in [-0.05, 0) is 17.9 Å². The van der Waals surface area contributed by atoms with E-state index in [1.807, 2.05) is 6.07 Å². The fraction of sp³-hybridized carbons (Fsp3) is 0.571. The van der Waals surface area contributed by atoms with E-state index >= 15 is 0 Å². The van der Waals surface area contributed by atoms with Crippen LogP contribution < -0.4 is 0 Å². The van der Waals surface area contributed by atoms with Gasteiger partial charge in [-0.1, -0.05) is 56.0 Å². The van der Waals surface area contributed by atoms with E-state index in [9.17, 15) is 5.11 Å². The molecule has 0 bridgehead atoms. The number of benzene rings is 1. The van der Waals surface area contributed by atoms with Crippen molar-refractivity contribution in [3.05, 3.63) is 35.9 Å². The van der Waals surface area contributed by atoms with Gasteiger partial charge in [0.25, 0.3) is 0 Å². The van der Waals surface area contributed by atoms with E-state index in [0.29, 0.717) is 12.5 Å². The summed E-state index contributed by atoms with van der Waals surface area (Å²) in [5, 5.41) is 9.44. The van der Waals surface area contributed by atoms with E-state index in [1.165, 1.54) is 37.7 Å². The fourth-order valence-electron chi connectivity index (χ4n) is 2.69. The summed E-state index contributed by atoms with van der Waals surface area (Å²) in [6.45, 7) is 0.292. The van der Waals surface area contributed by atoms with E-state index in [4.69, 9.17) is 0 Å². The average Bonchev–Trinajstić information content (AvgIpc) is 2.80. The Balaban J connectivity index is 1.97. The standard InChI is InChI=1S/C14H20O/c15-11-14(10-12-6-4-5-7-12)13-8-2-1-3-9-13/h1-3,8-9,12,14-15H,4-7,10-11H2. The van der Waals surface area contributed by atoms with Gasteiger partial charge in [-0.2, -0.15) is 0 Å². The molecule has 1 aromatic rings. The number of hydrogen-bond donors (Lipinski definition) is 1. The van der Waals surface area contributed by atoms with Crippen LogP contribution in [0, 0.1) is 5.92 Å². The van der Waals surface area contributed by atoms with Crippen molar-refractivity contribution in [2.75, 3.05) is 6.61 Å². The zero-order chi connectivity index (χ0) is 10.5. The second-order valence-electron chi connectivity index (χ2n) is 4.68. The van der Waals surface area contributed by atoms with E-state index in [1.54, 1.807) is 0 Å². The Morgan fingerprint density at radius 1 is 1.13 bits per heavy atom. The Morgan fingerprint density at radius 2 is 1.80 bits per heavy atom. The molecule has 1 aliphatic rings. The van der Waals surface area contributed by atoms with Gasteiger partial charge in [0.15, 0.2) is 0 Å². The third kappa shape index (κ3) is 2.82. The van der Waals surface area contributed by atoms with Crippen LogP contribution in [0.3, 0.4) is 0 Å². The molecule has 1 fully saturated rings. The Hall–Kier alpha value is -0.820. The highest BCUT2D eigenvalue weighted by Crippen LogP contribution is 2.33. The maximum Gasteiger partial charge on any atom is 0.0499 e. The Labute approximate surface area is 92.1 Å². The maximum absolute atomic E-state index is 9.44. The molecule has 82 valence electrons. The molecule has 1 N–H and O–H groups in total. The molecule has 1 unspecified atom stereocenters. The van der Waals surface area contributed by atoms with Crippen molar-refractivity contribution >= 4 is 0 Å². The first-order chi connectivity index (χ1) is 7.40. The van der Waals surface area contributed by atoms with Gasteiger partial charge < -0.3 is 5.11 Å². The van der Waals surface area contributed by atoms with Gasteiger partial charge in [0, 0.05) is 12.5 Å². The number of rotatable bonds is 4. The zero-order valence-corrected chi connectivity index (χ0v) is 9.23. The van der Waals surface area contributed by atoms with Gasteiger partial charge in [0.1, 0.15) is 0 Å². The monoisotopic (exact) mass is 204 g/mol. The summed E-state index contributed by atoms with van der Waals surface area (Å²) in [4.78, 5) is 0. The van der Waals surface area contributed by atoms with E-state index < -0.39 is 0 Å². The summed E-state index contributed by atoms with van der Waals surface area (Å²) in [5.41, 5.74) is 1.30. The van der Waals surface area contributed by atoms with Gasteiger partial charge in [-0.25, -0.2) is 0 Å². The molecule has 1 heteroatoms. The second kappa shape index (κ2) is 5.32. The molecule has 0 heterocycles. The summed E-state index contributed by atoms with van der Waals surface area (Å²) in [6, 6.07) is 10.4. The fourth-order valence-corrected chi connectivity index (χ4v) is 2.69. The van der Waals surface area contributed by atoms with Crippen molar-refractivity contribution in [3.63, 3.8) is 0 Å².